The first-order chi connectivity index (χ1) is 26.6. The number of piperidine rings is 2. The molecule has 4 atom stereocenters. The van der Waals surface area contributed by atoms with Crippen LogP contribution >= 0.6 is 15.9 Å². The average Bonchev–Trinajstić information content (AvgIpc) is 4.11. The summed E-state index contributed by atoms with van der Waals surface area (Å²) in [6.45, 7) is 2.35. The number of amides is 8. The number of carbonyl (C=O) groups is 4. The van der Waals surface area contributed by atoms with E-state index in [1.165, 1.54) is 0 Å². The summed E-state index contributed by atoms with van der Waals surface area (Å²) in [4.78, 5) is 65.6. The summed E-state index contributed by atoms with van der Waals surface area (Å²) in [5.74, 6) is -0.431. The lowest BCUT2D eigenvalue weighted by molar-refractivity contribution is 0.116. The topological polar surface area (TPSA) is 175 Å². The van der Waals surface area contributed by atoms with E-state index in [0.29, 0.717) is 55.7 Å². The Bertz CT molecular complexity index is 2120. The summed E-state index contributed by atoms with van der Waals surface area (Å²) in [7, 11) is 1.61. The number of carbonyl (C=O) groups excluding carboxylic acids is 4. The molecule has 14 nitrogen and oxygen atoms in total. The third-order valence-corrected chi connectivity index (χ3v) is 12.2. The number of hydrogen-bond acceptors (Lipinski definition) is 4. The van der Waals surface area contributed by atoms with Gasteiger partial charge in [0.05, 0.1) is 30.9 Å². The first-order valence-corrected chi connectivity index (χ1v) is 20.1. The van der Waals surface area contributed by atoms with Crippen LogP contribution in [0.2, 0.25) is 0 Å². The number of nitrogens with two attached hydrogens (primary N) is 1. The van der Waals surface area contributed by atoms with Gasteiger partial charge in [0.25, 0.3) is 0 Å². The average molecular weight is 820 g/mol. The monoisotopic (exact) mass is 818 g/mol. The van der Waals surface area contributed by atoms with Crippen molar-refractivity contribution < 1.29 is 23.6 Å². The smallest absolute Gasteiger partial charge is 0.318 e. The summed E-state index contributed by atoms with van der Waals surface area (Å²) < 4.78 is 17.0. The molecule has 4 heterocycles. The van der Waals surface area contributed by atoms with Crippen LogP contribution < -0.4 is 21.7 Å². The third kappa shape index (κ3) is 7.78. The molecule has 2 saturated carbocycles. The molecule has 2 aromatic heterocycles. The Kier molecular flexibility index (Phi) is 10.3. The zero-order valence-electron chi connectivity index (χ0n) is 30.9. The minimum atomic E-state index is -0.496. The maximum atomic E-state index is 16.0. The molecule has 2 saturated heterocycles. The largest absolute Gasteiger partial charge is 0.357 e. The van der Waals surface area contributed by atoms with Gasteiger partial charge in [-0.15, -0.1) is 0 Å². The first-order valence-electron chi connectivity index (χ1n) is 19.3. The molecule has 16 heteroatoms. The molecule has 4 aliphatic rings. The van der Waals surface area contributed by atoms with Crippen molar-refractivity contribution >= 4 is 61.9 Å². The van der Waals surface area contributed by atoms with E-state index in [2.05, 4.69) is 41.8 Å². The van der Waals surface area contributed by atoms with Crippen molar-refractivity contribution in [1.29, 1.82) is 0 Å². The number of fused-ring (bicyclic) bond motifs is 2. The number of aromatic amines is 2. The Balaban J connectivity index is 0.955. The van der Waals surface area contributed by atoms with Crippen LogP contribution in [-0.2, 0) is 13.1 Å². The molecule has 7 N–H and O–H groups in total. The second-order valence-corrected chi connectivity index (χ2v) is 16.3. The molecule has 2 unspecified atom stereocenters. The van der Waals surface area contributed by atoms with Crippen LogP contribution in [-0.4, -0.2) is 111 Å². The number of primary amides is 1. The van der Waals surface area contributed by atoms with Gasteiger partial charge in [-0.3, -0.25) is 0 Å². The molecular weight excluding hydrogens is 771 g/mol. The van der Waals surface area contributed by atoms with E-state index in [1.54, 1.807) is 16.8 Å². The van der Waals surface area contributed by atoms with Gasteiger partial charge in [-0.1, -0.05) is 22.0 Å². The van der Waals surface area contributed by atoms with E-state index in [4.69, 9.17) is 5.73 Å². The highest BCUT2D eigenvalue weighted by molar-refractivity contribution is 9.10. The van der Waals surface area contributed by atoms with Gasteiger partial charge >= 0.3 is 24.1 Å². The molecule has 4 aromatic rings. The van der Waals surface area contributed by atoms with Crippen molar-refractivity contribution in [2.75, 3.05) is 33.2 Å². The molecule has 4 fully saturated rings. The number of halogens is 2. The summed E-state index contributed by atoms with van der Waals surface area (Å²) in [5, 5.41) is 10.2. The summed E-state index contributed by atoms with van der Waals surface area (Å²) in [6.07, 6.45) is 5.65. The van der Waals surface area contributed by atoms with E-state index in [-0.39, 0.29) is 54.7 Å². The Morgan fingerprint density at radius 1 is 0.855 bits per heavy atom. The fourth-order valence-corrected chi connectivity index (χ4v) is 9.06. The third-order valence-electron chi connectivity index (χ3n) is 11.7. The van der Waals surface area contributed by atoms with Crippen LogP contribution in [0.5, 0.6) is 0 Å². The lowest BCUT2D eigenvalue weighted by atomic mass is 10.0. The zero-order valence-corrected chi connectivity index (χ0v) is 32.5. The maximum absolute atomic E-state index is 16.0. The number of H-pyrrole nitrogens is 2. The lowest BCUT2D eigenvalue weighted by Gasteiger charge is -2.39. The molecule has 0 radical (unpaired) electrons. The van der Waals surface area contributed by atoms with Crippen LogP contribution in [0, 0.1) is 5.82 Å². The van der Waals surface area contributed by atoms with Crippen LogP contribution in [0.25, 0.3) is 21.8 Å². The van der Waals surface area contributed by atoms with Gasteiger partial charge in [-0.2, -0.15) is 0 Å². The van der Waals surface area contributed by atoms with Crippen molar-refractivity contribution in [3.8, 4) is 0 Å². The second kappa shape index (κ2) is 15.3. The number of nitrogens with one attached hydrogen (secondary N) is 5. The Hall–Kier alpha value is -4.99. The van der Waals surface area contributed by atoms with E-state index >= 15 is 4.39 Å². The van der Waals surface area contributed by atoms with Gasteiger partial charge in [0, 0.05) is 83.2 Å². The van der Waals surface area contributed by atoms with E-state index in [9.17, 15) is 19.2 Å². The molecule has 8 rings (SSSR count). The standard InChI is InChI=1S/C39H48BrFN10O4/c1-43-37(53)49-13-3-4-27(21-49)50(26-8-9-26)38(54)45-19-33-35(41)30-16-22(6-10-32(30)47-33)29-17-34(29)51(28-5-2-12-48(20-28)36(42)52)39(55)44-18-25-15-23-14-24(40)7-11-31(23)46-25/h6-7,10-11,14-16,26-29,34,46-47H,2-5,8-9,12-13,17-21H2,1H3,(H2,42,52)(H,43,53)(H,44,55)(H,45,54)/t27-,28-,29?,34?/m1/s1. The lowest BCUT2D eigenvalue weighted by Crippen LogP contribution is -2.56. The molecule has 55 heavy (non-hydrogen) atoms. The number of hydrogen-bond donors (Lipinski definition) is 6. The fourth-order valence-electron chi connectivity index (χ4n) is 8.68. The first kappa shape index (κ1) is 37.0. The quantitative estimate of drug-likeness (QED) is 0.128. The van der Waals surface area contributed by atoms with Crippen molar-refractivity contribution in [3.05, 3.63) is 69.7 Å². The van der Waals surface area contributed by atoms with E-state index in [0.717, 1.165) is 65.2 Å². The number of urea groups is 4. The highest BCUT2D eigenvalue weighted by Gasteiger charge is 2.48. The zero-order chi connectivity index (χ0) is 38.4. The SMILES string of the molecule is CNC(=O)N1CCC[C@@H](N(C(=O)NCc2[nH]c3ccc(C4CC4N(C(=O)NCc4cc5cc(Br)ccc5[nH]4)[C@@H]4CCCN(C(N)=O)C4)cc3c2F)C2CC2)C1. The number of nitrogens with zero attached hydrogens (tertiary/aromatic N) is 4. The highest BCUT2D eigenvalue weighted by Crippen LogP contribution is 2.47. The molecule has 292 valence electrons. The fraction of sp³-hybridized carbons (Fsp3) is 0.487. The van der Waals surface area contributed by atoms with Gasteiger partial charge < -0.3 is 51.3 Å². The van der Waals surface area contributed by atoms with Crippen LogP contribution in [0.3, 0.4) is 0 Å². The molecule has 0 spiro atoms. The number of aromatic nitrogens is 2. The molecule has 2 aromatic carbocycles. The minimum Gasteiger partial charge on any atom is -0.357 e. The highest BCUT2D eigenvalue weighted by atomic mass is 79.9. The molecular formula is C39H48BrFN10O4. The van der Waals surface area contributed by atoms with Gasteiger partial charge in [-0.25, -0.2) is 23.6 Å². The van der Waals surface area contributed by atoms with Crippen LogP contribution in [0.15, 0.2) is 46.9 Å². The van der Waals surface area contributed by atoms with Gasteiger partial charge in [0.15, 0.2) is 5.82 Å². The predicted octanol–water partition coefficient (Wildman–Crippen LogP) is 5.64. The molecule has 8 amide bonds. The van der Waals surface area contributed by atoms with Crippen LogP contribution in [0.4, 0.5) is 23.6 Å². The van der Waals surface area contributed by atoms with Crippen molar-refractivity contribution in [1.82, 2.24) is 45.5 Å². The van der Waals surface area contributed by atoms with Crippen molar-refractivity contribution in [3.63, 3.8) is 0 Å². The maximum Gasteiger partial charge on any atom is 0.318 e. The summed E-state index contributed by atoms with van der Waals surface area (Å²) in [5.41, 5.74) is 9.36. The molecule has 0 bridgehead atoms. The van der Waals surface area contributed by atoms with E-state index in [1.807, 2.05) is 52.3 Å². The van der Waals surface area contributed by atoms with Gasteiger partial charge in [0.1, 0.15) is 0 Å². The summed E-state index contributed by atoms with van der Waals surface area (Å²) >= 11 is 3.51. The summed E-state index contributed by atoms with van der Waals surface area (Å²) in [6, 6.07) is 12.2. The number of likely N-dealkylation sites (tertiary alicyclic amines) is 2. The van der Waals surface area contributed by atoms with Gasteiger partial charge in [-0.05, 0) is 86.9 Å². The normalized spacial score (nSPS) is 22.4. The van der Waals surface area contributed by atoms with Crippen molar-refractivity contribution in [2.24, 2.45) is 5.73 Å². The number of benzene rings is 2. The van der Waals surface area contributed by atoms with Crippen LogP contribution in [0.1, 0.15) is 67.8 Å². The number of rotatable bonds is 9. The Labute approximate surface area is 326 Å². The minimum absolute atomic E-state index is 0.00449. The van der Waals surface area contributed by atoms with Gasteiger partial charge in [0.2, 0.25) is 0 Å². The van der Waals surface area contributed by atoms with Crippen molar-refractivity contribution in [2.45, 2.75) is 88.1 Å². The second-order valence-electron chi connectivity index (χ2n) is 15.4. The Morgan fingerprint density at radius 2 is 1.55 bits per heavy atom. The predicted molar refractivity (Wildman–Crippen MR) is 210 cm³/mol. The van der Waals surface area contributed by atoms with E-state index < -0.39 is 11.8 Å². The Morgan fingerprint density at radius 3 is 2.29 bits per heavy atom. The molecule has 2 aliphatic carbocycles. The molecule has 2 aliphatic heterocycles.